The fourth-order valence-electron chi connectivity index (χ4n) is 9.09. The van der Waals surface area contributed by atoms with Crippen molar-refractivity contribution in [2.75, 3.05) is 4.90 Å². The van der Waals surface area contributed by atoms with Gasteiger partial charge in [0.15, 0.2) is 0 Å². The maximum Gasteiger partial charge on any atom is 0.135 e. The predicted octanol–water partition coefficient (Wildman–Crippen LogP) is 16.8. The molecule has 286 valence electrons. The topological polar surface area (TPSA) is 29.5 Å². The molecule has 0 aliphatic heterocycles. The van der Waals surface area contributed by atoms with Crippen molar-refractivity contribution in [2.24, 2.45) is 0 Å². The minimum absolute atomic E-state index is 0.891. The van der Waals surface area contributed by atoms with Crippen LogP contribution < -0.4 is 4.90 Å². The predicted molar refractivity (Wildman–Crippen MR) is 255 cm³/mol. The lowest BCUT2D eigenvalue weighted by atomic mass is 9.94. The number of fused-ring (bicyclic) bond motifs is 7. The number of rotatable bonds is 7. The van der Waals surface area contributed by atoms with E-state index in [4.69, 9.17) is 8.83 Å². The van der Waals surface area contributed by atoms with E-state index in [1.807, 2.05) is 24.3 Å². The quantitative estimate of drug-likeness (QED) is 0.161. The number of furan rings is 2. The lowest BCUT2D eigenvalue weighted by Crippen LogP contribution is -2.11. The third-order valence-corrected chi connectivity index (χ3v) is 12.1. The molecule has 0 unspecified atom stereocenters. The summed E-state index contributed by atoms with van der Waals surface area (Å²) in [6.45, 7) is 0. The number of benzene rings is 10. The van der Waals surface area contributed by atoms with Crippen molar-refractivity contribution in [1.29, 1.82) is 0 Å². The lowest BCUT2D eigenvalue weighted by molar-refractivity contribution is 0.668. The van der Waals surface area contributed by atoms with Crippen molar-refractivity contribution in [3.05, 3.63) is 224 Å². The zero-order chi connectivity index (χ0) is 40.3. The van der Waals surface area contributed by atoms with Crippen LogP contribution in [-0.2, 0) is 0 Å². The molecule has 10 aromatic carbocycles. The van der Waals surface area contributed by atoms with E-state index in [0.29, 0.717) is 0 Å². The first-order chi connectivity index (χ1) is 30.2. The Balaban J connectivity index is 1.02. The van der Waals surface area contributed by atoms with Crippen molar-refractivity contribution in [2.45, 2.75) is 0 Å². The monoisotopic (exact) mass is 779 g/mol. The maximum atomic E-state index is 6.20. The van der Waals surface area contributed by atoms with E-state index >= 15 is 0 Å². The Morgan fingerprint density at radius 3 is 1.26 bits per heavy atom. The van der Waals surface area contributed by atoms with Crippen molar-refractivity contribution in [1.82, 2.24) is 0 Å². The van der Waals surface area contributed by atoms with Crippen molar-refractivity contribution >= 4 is 71.7 Å². The molecule has 0 spiro atoms. The molecule has 12 aromatic rings. The average molecular weight is 780 g/mol. The summed E-state index contributed by atoms with van der Waals surface area (Å²) in [7, 11) is 0. The molecule has 0 aliphatic rings. The molecule has 2 aromatic heterocycles. The molecule has 2 heterocycles. The van der Waals surface area contributed by atoms with Crippen molar-refractivity contribution < 1.29 is 8.83 Å². The summed E-state index contributed by atoms with van der Waals surface area (Å²) in [6, 6.07) is 80.2. The summed E-state index contributed by atoms with van der Waals surface area (Å²) < 4.78 is 12.4. The van der Waals surface area contributed by atoms with Crippen LogP contribution in [0.4, 0.5) is 17.1 Å². The molecule has 0 saturated carbocycles. The van der Waals surface area contributed by atoms with Gasteiger partial charge in [0.05, 0.1) is 5.69 Å². The molecule has 0 N–H and O–H groups in total. The zero-order valence-corrected chi connectivity index (χ0v) is 33.1. The van der Waals surface area contributed by atoms with Gasteiger partial charge < -0.3 is 13.7 Å². The highest BCUT2D eigenvalue weighted by atomic mass is 16.3. The van der Waals surface area contributed by atoms with E-state index < -0.39 is 0 Å². The molecule has 0 fully saturated rings. The van der Waals surface area contributed by atoms with Gasteiger partial charge in [0, 0.05) is 38.3 Å². The SMILES string of the molecule is c1ccc(-c2ccc(-c3ccc(N(c4cccc(-c5ccc6oc7ccccc7c6c5)c4)c4cccc(-c5ccc6oc7ccccc7c6c5)c4)c4ccccc34)cc2)cc1. The third-order valence-electron chi connectivity index (χ3n) is 12.1. The van der Waals surface area contributed by atoms with Crippen LogP contribution in [0.25, 0.3) is 99.2 Å². The lowest BCUT2D eigenvalue weighted by Gasteiger charge is -2.28. The van der Waals surface area contributed by atoms with Crippen LogP contribution in [0.3, 0.4) is 0 Å². The van der Waals surface area contributed by atoms with Crippen molar-refractivity contribution in [3.63, 3.8) is 0 Å². The standard InChI is InChI=1S/C58H37NO2/c1-2-12-38(13-3-1)39-24-26-40(27-25-39)47-30-31-54(49-19-5-4-18-48(47)49)59(45-16-10-14-41(34-45)43-28-32-57-52(36-43)50-20-6-8-22-55(50)60-57)46-17-11-15-42(35-46)44-29-33-58-53(37-44)51-21-7-9-23-56(51)61-58/h1-37H. The molecule has 0 bridgehead atoms. The van der Waals surface area contributed by atoms with Crippen LogP contribution in [-0.4, -0.2) is 0 Å². The Morgan fingerprint density at radius 2 is 0.672 bits per heavy atom. The van der Waals surface area contributed by atoms with Gasteiger partial charge in [-0.05, 0) is 117 Å². The van der Waals surface area contributed by atoms with Gasteiger partial charge in [0.1, 0.15) is 22.3 Å². The van der Waals surface area contributed by atoms with Gasteiger partial charge in [0.2, 0.25) is 0 Å². The van der Waals surface area contributed by atoms with E-state index in [2.05, 4.69) is 205 Å². The smallest absolute Gasteiger partial charge is 0.135 e. The zero-order valence-electron chi connectivity index (χ0n) is 33.1. The molecular weight excluding hydrogens is 743 g/mol. The minimum Gasteiger partial charge on any atom is -0.456 e. The Labute approximate surface area is 353 Å². The second kappa shape index (κ2) is 14.3. The fourth-order valence-corrected chi connectivity index (χ4v) is 9.09. The fraction of sp³-hybridized carbons (Fsp3) is 0. The average Bonchev–Trinajstić information content (AvgIpc) is 3.90. The summed E-state index contributed by atoms with van der Waals surface area (Å²) in [5, 5.41) is 6.83. The summed E-state index contributed by atoms with van der Waals surface area (Å²) in [5.41, 5.74) is 16.1. The Kier molecular flexibility index (Phi) is 8.17. The first-order valence-corrected chi connectivity index (χ1v) is 20.7. The Hall–Kier alpha value is -8.14. The van der Waals surface area contributed by atoms with E-state index in [-0.39, 0.29) is 0 Å². The Morgan fingerprint density at radius 1 is 0.246 bits per heavy atom. The molecule has 0 aliphatic carbocycles. The van der Waals surface area contributed by atoms with Crippen LogP contribution in [0.15, 0.2) is 233 Å². The highest BCUT2D eigenvalue weighted by molar-refractivity contribution is 6.09. The normalized spacial score (nSPS) is 11.6. The highest BCUT2D eigenvalue weighted by Crippen LogP contribution is 2.44. The second-order valence-corrected chi connectivity index (χ2v) is 15.7. The second-order valence-electron chi connectivity index (χ2n) is 15.7. The number of nitrogens with zero attached hydrogens (tertiary/aromatic N) is 1. The number of para-hydroxylation sites is 2. The molecule has 0 amide bonds. The summed E-state index contributed by atoms with van der Waals surface area (Å²) >= 11 is 0. The van der Waals surface area contributed by atoms with E-state index in [1.165, 1.54) is 33.0 Å². The number of hydrogen-bond donors (Lipinski definition) is 0. The largest absolute Gasteiger partial charge is 0.456 e. The van der Waals surface area contributed by atoms with Gasteiger partial charge in [-0.2, -0.15) is 0 Å². The van der Waals surface area contributed by atoms with Crippen LogP contribution in [0.5, 0.6) is 0 Å². The highest BCUT2D eigenvalue weighted by Gasteiger charge is 2.20. The molecule has 0 radical (unpaired) electrons. The molecular formula is C58H37NO2. The van der Waals surface area contributed by atoms with Crippen molar-refractivity contribution in [3.8, 4) is 44.5 Å². The van der Waals surface area contributed by atoms with Gasteiger partial charge in [-0.1, -0.05) is 158 Å². The summed E-state index contributed by atoms with van der Waals surface area (Å²) in [4.78, 5) is 2.41. The number of anilines is 3. The first kappa shape index (κ1) is 34.9. The van der Waals surface area contributed by atoms with E-state index in [9.17, 15) is 0 Å². The van der Waals surface area contributed by atoms with E-state index in [1.54, 1.807) is 0 Å². The third kappa shape index (κ3) is 6.06. The van der Waals surface area contributed by atoms with Crippen LogP contribution in [0.2, 0.25) is 0 Å². The minimum atomic E-state index is 0.891. The molecule has 0 saturated heterocycles. The van der Waals surface area contributed by atoms with Gasteiger partial charge in [-0.3, -0.25) is 0 Å². The molecule has 3 nitrogen and oxygen atoms in total. The summed E-state index contributed by atoms with van der Waals surface area (Å²) in [5.74, 6) is 0. The molecule has 3 heteroatoms. The van der Waals surface area contributed by atoms with Gasteiger partial charge in [0.25, 0.3) is 0 Å². The van der Waals surface area contributed by atoms with Gasteiger partial charge >= 0.3 is 0 Å². The van der Waals surface area contributed by atoms with E-state index in [0.717, 1.165) is 83.2 Å². The van der Waals surface area contributed by atoms with Gasteiger partial charge in [-0.15, -0.1) is 0 Å². The van der Waals surface area contributed by atoms with Crippen LogP contribution in [0, 0.1) is 0 Å². The van der Waals surface area contributed by atoms with Gasteiger partial charge in [-0.25, -0.2) is 0 Å². The first-order valence-electron chi connectivity index (χ1n) is 20.7. The maximum absolute atomic E-state index is 6.20. The molecule has 0 atom stereocenters. The van der Waals surface area contributed by atoms with Crippen LogP contribution in [0.1, 0.15) is 0 Å². The molecule has 12 rings (SSSR count). The molecule has 61 heavy (non-hydrogen) atoms. The Bertz CT molecular complexity index is 3440. The number of hydrogen-bond acceptors (Lipinski definition) is 3. The van der Waals surface area contributed by atoms with Crippen LogP contribution >= 0.6 is 0 Å². The summed E-state index contributed by atoms with van der Waals surface area (Å²) in [6.07, 6.45) is 0.